The van der Waals surface area contributed by atoms with Crippen molar-refractivity contribution in [3.8, 4) is 0 Å². The first-order chi connectivity index (χ1) is 8.45. The van der Waals surface area contributed by atoms with Gasteiger partial charge in [-0.3, -0.25) is 9.59 Å². The minimum Gasteiger partial charge on any atom is -0.302 e. The van der Waals surface area contributed by atoms with Gasteiger partial charge in [0.05, 0.1) is 11.3 Å². The number of ketones is 1. The summed E-state index contributed by atoms with van der Waals surface area (Å²) >= 11 is 0. The summed E-state index contributed by atoms with van der Waals surface area (Å²) in [4.78, 5) is 24.5. The lowest BCUT2D eigenvalue weighted by atomic mass is 10.1. The standard InChI is InChI=1S/C13H13F2NO2/c1-3-7(2)6-16-11-9(12(17)13(16)18)4-8(14)5-10(11)15/h4-5,7H,3,6H2,1-2H3. The number of Topliss-reactive ketones (excluding diaryl/α,β-unsaturated/α-hetero) is 1. The number of nitrogens with zero attached hydrogens (tertiary/aromatic N) is 1. The number of hydrogen-bond donors (Lipinski definition) is 0. The van der Waals surface area contributed by atoms with Crippen LogP contribution in [0.25, 0.3) is 0 Å². The highest BCUT2D eigenvalue weighted by Crippen LogP contribution is 2.33. The van der Waals surface area contributed by atoms with Crippen LogP contribution in [0.2, 0.25) is 0 Å². The van der Waals surface area contributed by atoms with Crippen LogP contribution in [0.5, 0.6) is 0 Å². The van der Waals surface area contributed by atoms with Crippen molar-refractivity contribution in [1.29, 1.82) is 0 Å². The van der Waals surface area contributed by atoms with Crippen LogP contribution in [0.1, 0.15) is 30.6 Å². The van der Waals surface area contributed by atoms with E-state index in [9.17, 15) is 18.4 Å². The van der Waals surface area contributed by atoms with Crippen molar-refractivity contribution in [3.63, 3.8) is 0 Å². The van der Waals surface area contributed by atoms with E-state index in [-0.39, 0.29) is 23.7 Å². The number of benzene rings is 1. The molecule has 0 spiro atoms. The van der Waals surface area contributed by atoms with Crippen LogP contribution in [0, 0.1) is 17.6 Å². The van der Waals surface area contributed by atoms with Crippen molar-refractivity contribution in [2.24, 2.45) is 5.92 Å². The maximum Gasteiger partial charge on any atom is 0.299 e. The predicted molar refractivity (Wildman–Crippen MR) is 62.5 cm³/mol. The van der Waals surface area contributed by atoms with Gasteiger partial charge >= 0.3 is 0 Å². The molecule has 0 bridgehead atoms. The van der Waals surface area contributed by atoms with Gasteiger partial charge in [0.2, 0.25) is 0 Å². The van der Waals surface area contributed by atoms with Crippen LogP contribution >= 0.6 is 0 Å². The van der Waals surface area contributed by atoms with E-state index in [4.69, 9.17) is 0 Å². The van der Waals surface area contributed by atoms with Crippen LogP contribution in [0.15, 0.2) is 12.1 Å². The van der Waals surface area contributed by atoms with Gasteiger partial charge in [0.25, 0.3) is 11.7 Å². The average molecular weight is 253 g/mol. The molecule has 3 nitrogen and oxygen atoms in total. The molecule has 0 radical (unpaired) electrons. The lowest BCUT2D eigenvalue weighted by molar-refractivity contribution is -0.114. The van der Waals surface area contributed by atoms with E-state index in [1.165, 1.54) is 0 Å². The van der Waals surface area contributed by atoms with Crippen LogP contribution in [0.3, 0.4) is 0 Å². The highest BCUT2D eigenvalue weighted by Gasteiger charge is 2.38. The zero-order chi connectivity index (χ0) is 13.4. The molecule has 5 heteroatoms. The Kier molecular flexibility index (Phi) is 3.15. The van der Waals surface area contributed by atoms with E-state index in [1.807, 2.05) is 13.8 Å². The van der Waals surface area contributed by atoms with Crippen LogP contribution in [-0.4, -0.2) is 18.2 Å². The van der Waals surface area contributed by atoms with Gasteiger partial charge in [-0.05, 0) is 12.0 Å². The molecule has 1 amide bonds. The van der Waals surface area contributed by atoms with Gasteiger partial charge in [0.15, 0.2) is 5.82 Å². The number of fused-ring (bicyclic) bond motifs is 1. The molecule has 0 saturated carbocycles. The van der Waals surface area contributed by atoms with E-state index in [0.717, 1.165) is 17.4 Å². The number of hydrogen-bond acceptors (Lipinski definition) is 2. The van der Waals surface area contributed by atoms with Gasteiger partial charge in [-0.25, -0.2) is 8.78 Å². The number of anilines is 1. The zero-order valence-corrected chi connectivity index (χ0v) is 10.2. The largest absolute Gasteiger partial charge is 0.302 e. The normalized spacial score (nSPS) is 16.1. The molecular weight excluding hydrogens is 240 g/mol. The smallest absolute Gasteiger partial charge is 0.299 e. The van der Waals surface area contributed by atoms with Gasteiger partial charge < -0.3 is 4.90 Å². The summed E-state index contributed by atoms with van der Waals surface area (Å²) in [6, 6.07) is 1.60. The SMILES string of the molecule is CCC(C)CN1C(=O)C(=O)c2cc(F)cc(F)c21. The van der Waals surface area contributed by atoms with Gasteiger partial charge in [0, 0.05) is 12.6 Å². The molecule has 1 aromatic carbocycles. The highest BCUT2D eigenvalue weighted by atomic mass is 19.1. The number of rotatable bonds is 3. The Hall–Kier alpha value is -1.78. The van der Waals surface area contributed by atoms with Crippen molar-refractivity contribution in [2.45, 2.75) is 20.3 Å². The molecule has 0 fully saturated rings. The molecule has 0 aliphatic carbocycles. The fourth-order valence-electron chi connectivity index (χ4n) is 1.97. The Morgan fingerprint density at radius 1 is 1.28 bits per heavy atom. The van der Waals surface area contributed by atoms with Gasteiger partial charge in [-0.1, -0.05) is 20.3 Å². The van der Waals surface area contributed by atoms with Crippen molar-refractivity contribution in [3.05, 3.63) is 29.3 Å². The zero-order valence-electron chi connectivity index (χ0n) is 10.2. The lowest BCUT2D eigenvalue weighted by Gasteiger charge is -2.20. The second-order valence-electron chi connectivity index (χ2n) is 4.54. The fraction of sp³-hybridized carbons (Fsp3) is 0.385. The number of carbonyl (C=O) groups is 2. The van der Waals surface area contributed by atoms with Crippen molar-refractivity contribution in [1.82, 2.24) is 0 Å². The molecule has 1 aliphatic rings. The first-order valence-electron chi connectivity index (χ1n) is 5.81. The number of carbonyl (C=O) groups excluding carboxylic acids is 2. The third kappa shape index (κ3) is 1.89. The van der Waals surface area contributed by atoms with Crippen LogP contribution in [-0.2, 0) is 4.79 Å². The van der Waals surface area contributed by atoms with Gasteiger partial charge in [-0.15, -0.1) is 0 Å². The molecule has 1 aromatic rings. The van der Waals surface area contributed by atoms with E-state index >= 15 is 0 Å². The maximum atomic E-state index is 13.7. The summed E-state index contributed by atoms with van der Waals surface area (Å²) in [5.41, 5.74) is -0.271. The van der Waals surface area contributed by atoms with Gasteiger partial charge in [0.1, 0.15) is 5.82 Å². The summed E-state index contributed by atoms with van der Waals surface area (Å²) in [5.74, 6) is -3.20. The number of amides is 1. The Bertz CT molecular complexity index is 528. The van der Waals surface area contributed by atoms with E-state index < -0.39 is 23.3 Å². The summed E-state index contributed by atoms with van der Waals surface area (Å²) < 4.78 is 26.8. The van der Waals surface area contributed by atoms with Crippen LogP contribution < -0.4 is 4.90 Å². The fourth-order valence-corrected chi connectivity index (χ4v) is 1.97. The van der Waals surface area contributed by atoms with Crippen molar-refractivity contribution in [2.75, 3.05) is 11.4 Å². The molecular formula is C13H13F2NO2. The molecule has 0 N–H and O–H groups in total. The van der Waals surface area contributed by atoms with Gasteiger partial charge in [-0.2, -0.15) is 0 Å². The second-order valence-corrected chi connectivity index (χ2v) is 4.54. The first-order valence-corrected chi connectivity index (χ1v) is 5.81. The monoisotopic (exact) mass is 253 g/mol. The summed E-state index contributed by atoms with van der Waals surface area (Å²) in [5, 5.41) is 0. The highest BCUT2D eigenvalue weighted by molar-refractivity contribution is 6.52. The summed E-state index contributed by atoms with van der Waals surface area (Å²) in [6.07, 6.45) is 0.802. The minimum absolute atomic E-state index is 0.0910. The number of halogens is 2. The molecule has 18 heavy (non-hydrogen) atoms. The van der Waals surface area contributed by atoms with E-state index in [0.29, 0.717) is 6.07 Å². The van der Waals surface area contributed by atoms with Crippen LogP contribution in [0.4, 0.5) is 14.5 Å². The average Bonchev–Trinajstić information content (AvgIpc) is 2.54. The Morgan fingerprint density at radius 3 is 2.56 bits per heavy atom. The molecule has 1 heterocycles. The quantitative estimate of drug-likeness (QED) is 0.776. The van der Waals surface area contributed by atoms with E-state index in [1.54, 1.807) is 0 Å². The third-order valence-corrected chi connectivity index (χ3v) is 3.17. The molecule has 0 saturated heterocycles. The molecule has 96 valence electrons. The molecule has 2 rings (SSSR count). The molecule has 1 unspecified atom stereocenters. The summed E-state index contributed by atoms with van der Waals surface area (Å²) in [6.45, 7) is 4.10. The Morgan fingerprint density at radius 2 is 1.94 bits per heavy atom. The molecule has 1 aliphatic heterocycles. The lowest BCUT2D eigenvalue weighted by Crippen LogP contribution is -2.33. The van der Waals surface area contributed by atoms with Crippen molar-refractivity contribution < 1.29 is 18.4 Å². The Labute approximate surface area is 103 Å². The predicted octanol–water partition coefficient (Wildman–Crippen LogP) is 2.54. The van der Waals surface area contributed by atoms with E-state index in [2.05, 4.69) is 0 Å². The third-order valence-electron chi connectivity index (χ3n) is 3.17. The Balaban J connectivity index is 2.48. The molecule has 0 aromatic heterocycles. The summed E-state index contributed by atoms with van der Waals surface area (Å²) in [7, 11) is 0. The first kappa shape index (κ1) is 12.7. The maximum absolute atomic E-state index is 13.7. The molecule has 1 atom stereocenters. The van der Waals surface area contributed by atoms with Crippen molar-refractivity contribution >= 4 is 17.4 Å². The topological polar surface area (TPSA) is 37.4 Å². The minimum atomic E-state index is -0.868. The second kappa shape index (κ2) is 4.48.